The Morgan fingerprint density at radius 1 is 0.276 bits per heavy atom. The maximum Gasteiger partial charge on any atom is 0.306 e. The largest absolute Gasteiger partial charge is 0.462 e. The highest BCUT2D eigenvalue weighted by Crippen LogP contribution is 2.20. The Morgan fingerprint density at radius 3 is 0.747 bits per heavy atom. The lowest BCUT2D eigenvalue weighted by molar-refractivity contribution is -0.161. The molecule has 0 aromatic carbocycles. The summed E-state index contributed by atoms with van der Waals surface area (Å²) in [6.45, 7) is 4.10. The summed E-state index contributed by atoms with van der Waals surface area (Å²) in [5, 5.41) is 9.73. The molecule has 0 aromatic heterocycles. The fourth-order valence-corrected chi connectivity index (χ4v) is 12.5. The van der Waals surface area contributed by atoms with E-state index in [1.54, 1.807) is 0 Å². The van der Waals surface area contributed by atoms with Crippen LogP contribution in [0.2, 0.25) is 0 Å². The van der Waals surface area contributed by atoms with Crippen molar-refractivity contribution in [3.8, 4) is 0 Å². The molecule has 0 aliphatic carbocycles. The molecule has 5 nitrogen and oxygen atoms in total. The van der Waals surface area contributed by atoms with Crippen LogP contribution in [0.1, 0.15) is 444 Å². The highest BCUT2D eigenvalue weighted by Gasteiger charge is 2.16. The van der Waals surface area contributed by atoms with Crippen molar-refractivity contribution in [3.05, 3.63) is 48.6 Å². The molecule has 0 rings (SSSR count). The Kier molecular flexibility index (Phi) is 76.2. The number of aliphatic hydroxyl groups excluding tert-OH is 1. The van der Waals surface area contributed by atoms with Crippen LogP contribution in [0.3, 0.4) is 0 Å². The standard InChI is InChI=1S/C82H154O5/c1-3-5-7-9-11-13-15-17-19-21-23-25-27-29-31-33-35-37-38-39-40-41-42-43-44-45-47-49-51-53-55-57-59-61-63-65-67-69-71-73-75-77-82(85)87-80(78-83)79-86-81(84)76-74-72-70-68-66-64-62-60-58-56-54-52-50-48-46-36-34-32-30-28-26-24-22-20-18-16-14-12-10-8-6-4-2/h5,7,11,13,17,19,23,25,80,83H,3-4,6,8-10,12,14-16,18,20-22,24,26-79H2,1-2H3/b7-5-,13-11-,19-17-,25-23-. The molecule has 0 radical (unpaired) electrons. The van der Waals surface area contributed by atoms with Gasteiger partial charge in [0.25, 0.3) is 0 Å². The van der Waals surface area contributed by atoms with Gasteiger partial charge in [0.2, 0.25) is 0 Å². The van der Waals surface area contributed by atoms with Crippen molar-refractivity contribution in [2.24, 2.45) is 0 Å². The summed E-state index contributed by atoms with van der Waals surface area (Å²) >= 11 is 0. The number of unbranched alkanes of at least 4 members (excludes halogenated alkanes) is 59. The van der Waals surface area contributed by atoms with Crippen LogP contribution in [-0.2, 0) is 19.1 Å². The topological polar surface area (TPSA) is 72.8 Å². The van der Waals surface area contributed by atoms with E-state index in [-0.39, 0.29) is 25.2 Å². The van der Waals surface area contributed by atoms with E-state index in [4.69, 9.17) is 9.47 Å². The van der Waals surface area contributed by atoms with Crippen molar-refractivity contribution in [2.45, 2.75) is 450 Å². The number of ether oxygens (including phenoxy) is 2. The zero-order valence-corrected chi connectivity index (χ0v) is 59.1. The zero-order valence-electron chi connectivity index (χ0n) is 59.1. The Hall–Kier alpha value is -2.14. The molecule has 1 N–H and O–H groups in total. The fraction of sp³-hybridized carbons (Fsp3) is 0.878. The first kappa shape index (κ1) is 84.9. The minimum atomic E-state index is -0.769. The highest BCUT2D eigenvalue weighted by atomic mass is 16.6. The Balaban J connectivity index is 3.35. The first-order valence-corrected chi connectivity index (χ1v) is 39.7. The lowest BCUT2D eigenvalue weighted by Gasteiger charge is -2.15. The first-order valence-electron chi connectivity index (χ1n) is 39.7. The third kappa shape index (κ3) is 76.2. The van der Waals surface area contributed by atoms with Crippen molar-refractivity contribution in [1.29, 1.82) is 0 Å². The Bertz CT molecular complexity index is 1430. The van der Waals surface area contributed by atoms with Gasteiger partial charge in [0.15, 0.2) is 6.10 Å². The summed E-state index contributed by atoms with van der Waals surface area (Å²) in [5.74, 6) is -0.560. The van der Waals surface area contributed by atoms with Crippen molar-refractivity contribution >= 4 is 11.9 Å². The normalized spacial score (nSPS) is 12.4. The van der Waals surface area contributed by atoms with Gasteiger partial charge in [-0.25, -0.2) is 0 Å². The Morgan fingerprint density at radius 2 is 0.494 bits per heavy atom. The van der Waals surface area contributed by atoms with Crippen LogP contribution in [0, 0.1) is 0 Å². The van der Waals surface area contributed by atoms with E-state index in [1.165, 1.54) is 360 Å². The number of carbonyl (C=O) groups excluding carboxylic acids is 2. The van der Waals surface area contributed by atoms with Gasteiger partial charge in [-0.15, -0.1) is 0 Å². The van der Waals surface area contributed by atoms with Gasteiger partial charge >= 0.3 is 11.9 Å². The molecule has 0 amide bonds. The molecule has 512 valence electrons. The predicted molar refractivity (Wildman–Crippen MR) is 385 cm³/mol. The third-order valence-electron chi connectivity index (χ3n) is 18.4. The maximum atomic E-state index is 12.4. The number of hydrogen-bond acceptors (Lipinski definition) is 5. The van der Waals surface area contributed by atoms with E-state index in [0.29, 0.717) is 12.8 Å². The van der Waals surface area contributed by atoms with Crippen molar-refractivity contribution in [1.82, 2.24) is 0 Å². The van der Waals surface area contributed by atoms with E-state index in [9.17, 15) is 14.7 Å². The highest BCUT2D eigenvalue weighted by molar-refractivity contribution is 5.70. The lowest BCUT2D eigenvalue weighted by Crippen LogP contribution is -2.28. The smallest absolute Gasteiger partial charge is 0.306 e. The SMILES string of the molecule is CC/C=C\C/C=C\C/C=C\C/C=C\CCCCCCCCCCCCCCCCCCCCCCCCCCCCCCC(=O)OC(CO)COC(=O)CCCCCCCCCCCCCCCCCCCCCCCCCCCCCCCCCC. The molecule has 0 saturated heterocycles. The van der Waals surface area contributed by atoms with Gasteiger partial charge < -0.3 is 14.6 Å². The quantitative estimate of drug-likeness (QED) is 0.0373. The van der Waals surface area contributed by atoms with Crippen molar-refractivity contribution in [2.75, 3.05) is 13.2 Å². The summed E-state index contributed by atoms with van der Waals surface area (Å²) in [7, 11) is 0. The minimum absolute atomic E-state index is 0.0576. The summed E-state index contributed by atoms with van der Waals surface area (Å²) in [4.78, 5) is 24.7. The summed E-state index contributed by atoms with van der Waals surface area (Å²) in [5.41, 5.74) is 0. The van der Waals surface area contributed by atoms with Crippen molar-refractivity contribution in [3.63, 3.8) is 0 Å². The van der Waals surface area contributed by atoms with Crippen LogP contribution in [0.15, 0.2) is 48.6 Å². The van der Waals surface area contributed by atoms with Crippen LogP contribution in [0.5, 0.6) is 0 Å². The molecule has 0 fully saturated rings. The average Bonchev–Trinajstić information content (AvgIpc) is 3.53. The fourth-order valence-electron chi connectivity index (χ4n) is 12.5. The molecule has 0 aliphatic rings. The number of allylic oxidation sites excluding steroid dienone is 8. The lowest BCUT2D eigenvalue weighted by atomic mass is 10.0. The van der Waals surface area contributed by atoms with E-state index in [2.05, 4.69) is 62.5 Å². The van der Waals surface area contributed by atoms with Crippen LogP contribution < -0.4 is 0 Å². The van der Waals surface area contributed by atoms with Gasteiger partial charge in [-0.05, 0) is 51.4 Å². The molecule has 0 heterocycles. The maximum absolute atomic E-state index is 12.4. The van der Waals surface area contributed by atoms with Gasteiger partial charge in [-0.3, -0.25) is 9.59 Å². The molecular weight excluding hydrogens is 1060 g/mol. The molecule has 0 bridgehead atoms. The molecule has 0 aliphatic heterocycles. The summed E-state index contributed by atoms with van der Waals surface area (Å²) < 4.78 is 10.8. The van der Waals surface area contributed by atoms with Crippen LogP contribution in [-0.4, -0.2) is 36.4 Å². The zero-order chi connectivity index (χ0) is 62.6. The second-order valence-electron chi connectivity index (χ2n) is 27.1. The van der Waals surface area contributed by atoms with E-state index < -0.39 is 6.10 Å². The Labute approximate surface area is 545 Å². The molecule has 1 atom stereocenters. The van der Waals surface area contributed by atoms with Crippen LogP contribution >= 0.6 is 0 Å². The molecule has 1 unspecified atom stereocenters. The van der Waals surface area contributed by atoms with Gasteiger partial charge in [0, 0.05) is 12.8 Å². The van der Waals surface area contributed by atoms with Crippen LogP contribution in [0.4, 0.5) is 0 Å². The van der Waals surface area contributed by atoms with Crippen molar-refractivity contribution < 1.29 is 24.2 Å². The number of esters is 2. The second kappa shape index (κ2) is 78.1. The molecule has 5 heteroatoms. The minimum Gasteiger partial charge on any atom is -0.462 e. The summed E-state index contributed by atoms with van der Waals surface area (Å²) in [6.07, 6.45) is 106. The number of carbonyl (C=O) groups is 2. The van der Waals surface area contributed by atoms with E-state index in [0.717, 1.165) is 57.8 Å². The van der Waals surface area contributed by atoms with E-state index >= 15 is 0 Å². The summed E-state index contributed by atoms with van der Waals surface area (Å²) in [6, 6.07) is 0. The molecule has 0 spiro atoms. The van der Waals surface area contributed by atoms with Crippen LogP contribution in [0.25, 0.3) is 0 Å². The number of aliphatic hydroxyl groups is 1. The molecular formula is C82H154O5. The third-order valence-corrected chi connectivity index (χ3v) is 18.4. The first-order chi connectivity index (χ1) is 43.1. The average molecular weight is 1220 g/mol. The predicted octanol–water partition coefficient (Wildman–Crippen LogP) is 27.8. The van der Waals surface area contributed by atoms with Gasteiger partial charge in [-0.1, -0.05) is 428 Å². The molecule has 0 saturated carbocycles. The number of rotatable bonds is 75. The molecule has 0 aromatic rings. The monoisotopic (exact) mass is 1220 g/mol. The second-order valence-corrected chi connectivity index (χ2v) is 27.1. The molecule has 87 heavy (non-hydrogen) atoms. The van der Waals surface area contributed by atoms with Gasteiger partial charge in [-0.2, -0.15) is 0 Å². The van der Waals surface area contributed by atoms with E-state index in [1.807, 2.05) is 0 Å². The van der Waals surface area contributed by atoms with Gasteiger partial charge in [0.05, 0.1) is 6.61 Å². The van der Waals surface area contributed by atoms with Gasteiger partial charge in [0.1, 0.15) is 6.61 Å². The number of hydrogen-bond donors (Lipinski definition) is 1.